The van der Waals surface area contributed by atoms with Crippen LogP contribution in [0.5, 0.6) is 5.75 Å². The average Bonchev–Trinajstić information content (AvgIpc) is 2.54. The van der Waals surface area contributed by atoms with Gasteiger partial charge < -0.3 is 14.8 Å². The highest BCUT2D eigenvalue weighted by Gasteiger charge is 2.32. The van der Waals surface area contributed by atoms with Crippen LogP contribution in [0.15, 0.2) is 18.2 Å². The first-order valence-corrected chi connectivity index (χ1v) is 8.39. The van der Waals surface area contributed by atoms with Crippen molar-refractivity contribution in [3.05, 3.63) is 29.3 Å². The third-order valence-corrected chi connectivity index (χ3v) is 4.33. The van der Waals surface area contributed by atoms with Gasteiger partial charge in [0, 0.05) is 31.7 Å². The molecule has 3 rings (SSSR count). The summed E-state index contributed by atoms with van der Waals surface area (Å²) in [6.07, 6.45) is 0.322. The molecule has 1 fully saturated rings. The van der Waals surface area contributed by atoms with Crippen LogP contribution in [0.3, 0.4) is 0 Å². The van der Waals surface area contributed by atoms with Gasteiger partial charge in [-0.25, -0.2) is 0 Å². The molecule has 130 valence electrons. The lowest BCUT2D eigenvalue weighted by Gasteiger charge is -2.31. The lowest BCUT2D eigenvalue weighted by atomic mass is 9.92. The minimum Gasteiger partial charge on any atom is -0.487 e. The van der Waals surface area contributed by atoms with Crippen LogP contribution in [0.2, 0.25) is 0 Å². The van der Waals surface area contributed by atoms with Crippen molar-refractivity contribution in [2.45, 2.75) is 25.9 Å². The van der Waals surface area contributed by atoms with Gasteiger partial charge in [0.05, 0.1) is 25.2 Å². The largest absolute Gasteiger partial charge is 0.487 e. The second-order valence-electron chi connectivity index (χ2n) is 6.88. The Hall–Kier alpha value is -1.92. The fourth-order valence-electron chi connectivity index (χ4n) is 3.05. The van der Waals surface area contributed by atoms with Gasteiger partial charge in [-0.3, -0.25) is 14.5 Å². The molecule has 0 aromatic heterocycles. The number of carbonyl (C=O) groups excluding carboxylic acids is 2. The lowest BCUT2D eigenvalue weighted by molar-refractivity contribution is 0.0383. The molecule has 0 radical (unpaired) electrons. The molecule has 0 aliphatic carbocycles. The predicted molar refractivity (Wildman–Crippen MR) is 89.7 cm³/mol. The van der Waals surface area contributed by atoms with Crippen molar-refractivity contribution in [2.75, 3.05) is 39.4 Å². The molecule has 2 heterocycles. The van der Waals surface area contributed by atoms with Crippen molar-refractivity contribution in [3.63, 3.8) is 0 Å². The molecule has 1 aromatic carbocycles. The first-order valence-electron chi connectivity index (χ1n) is 8.39. The summed E-state index contributed by atoms with van der Waals surface area (Å²) in [5.74, 6) is 0.411. The molecule has 1 amide bonds. The fraction of sp³-hybridized carbons (Fsp3) is 0.556. The van der Waals surface area contributed by atoms with E-state index in [9.17, 15) is 9.59 Å². The second-order valence-corrected chi connectivity index (χ2v) is 6.88. The van der Waals surface area contributed by atoms with Crippen molar-refractivity contribution in [1.29, 1.82) is 0 Å². The Morgan fingerprint density at radius 3 is 2.79 bits per heavy atom. The number of benzene rings is 1. The van der Waals surface area contributed by atoms with Crippen molar-refractivity contribution in [3.8, 4) is 5.75 Å². The van der Waals surface area contributed by atoms with Gasteiger partial charge >= 0.3 is 0 Å². The number of nitrogens with zero attached hydrogens (tertiary/aromatic N) is 1. The summed E-state index contributed by atoms with van der Waals surface area (Å²) in [5, 5.41) is 2.91. The van der Waals surface area contributed by atoms with Crippen LogP contribution in [0.4, 0.5) is 0 Å². The third kappa shape index (κ3) is 3.94. The fourth-order valence-corrected chi connectivity index (χ4v) is 3.05. The molecule has 24 heavy (non-hydrogen) atoms. The SMILES string of the molecule is CC1(C)CC(=O)c2cc(C(=O)NCCN3CCOCC3)ccc2O1. The normalized spacial score (nSPS) is 20.2. The number of Topliss-reactive ketones (excluding diaryl/α,β-unsaturated/α-hetero) is 1. The number of hydrogen-bond acceptors (Lipinski definition) is 5. The van der Waals surface area contributed by atoms with Crippen molar-refractivity contribution >= 4 is 11.7 Å². The van der Waals surface area contributed by atoms with Crippen LogP contribution < -0.4 is 10.1 Å². The van der Waals surface area contributed by atoms with Crippen molar-refractivity contribution in [1.82, 2.24) is 10.2 Å². The van der Waals surface area contributed by atoms with Crippen LogP contribution >= 0.6 is 0 Å². The van der Waals surface area contributed by atoms with E-state index in [0.717, 1.165) is 32.8 Å². The Morgan fingerprint density at radius 2 is 2.04 bits per heavy atom. The zero-order valence-corrected chi connectivity index (χ0v) is 14.3. The zero-order chi connectivity index (χ0) is 17.2. The summed E-state index contributed by atoms with van der Waals surface area (Å²) >= 11 is 0. The number of hydrogen-bond donors (Lipinski definition) is 1. The summed E-state index contributed by atoms with van der Waals surface area (Å²) in [7, 11) is 0. The third-order valence-electron chi connectivity index (χ3n) is 4.33. The van der Waals surface area contributed by atoms with Crippen LogP contribution in [-0.4, -0.2) is 61.6 Å². The molecule has 2 aliphatic heterocycles. The van der Waals surface area contributed by atoms with E-state index in [4.69, 9.17) is 9.47 Å². The molecule has 6 heteroatoms. The zero-order valence-electron chi connectivity index (χ0n) is 14.3. The van der Waals surface area contributed by atoms with E-state index in [2.05, 4.69) is 10.2 Å². The Kier molecular flexibility index (Phi) is 4.87. The molecule has 0 saturated carbocycles. The van der Waals surface area contributed by atoms with Gasteiger partial charge in [0.25, 0.3) is 5.91 Å². The van der Waals surface area contributed by atoms with Gasteiger partial charge in [-0.1, -0.05) is 0 Å². The second kappa shape index (κ2) is 6.91. The van der Waals surface area contributed by atoms with E-state index in [0.29, 0.717) is 29.8 Å². The van der Waals surface area contributed by atoms with Crippen molar-refractivity contribution < 1.29 is 19.1 Å². The Labute approximate surface area is 142 Å². The molecule has 0 bridgehead atoms. The predicted octanol–water partition coefficient (Wildman–Crippen LogP) is 1.49. The van der Waals surface area contributed by atoms with Gasteiger partial charge in [0.1, 0.15) is 11.4 Å². The highest BCUT2D eigenvalue weighted by molar-refractivity contribution is 6.03. The number of ketones is 1. The van der Waals surface area contributed by atoms with Crippen LogP contribution in [0, 0.1) is 0 Å². The molecule has 0 spiro atoms. The molecule has 0 unspecified atom stereocenters. The van der Waals surface area contributed by atoms with E-state index in [1.165, 1.54) is 0 Å². The molecular weight excluding hydrogens is 308 g/mol. The van der Waals surface area contributed by atoms with E-state index in [1.807, 2.05) is 13.8 Å². The molecule has 1 aromatic rings. The molecule has 6 nitrogen and oxygen atoms in total. The number of rotatable bonds is 4. The standard InChI is InChI=1S/C18H24N2O4/c1-18(2)12-15(21)14-11-13(3-4-16(14)24-18)17(22)19-5-6-20-7-9-23-10-8-20/h3-4,11H,5-10,12H2,1-2H3,(H,19,22). The number of ether oxygens (including phenoxy) is 2. The molecule has 2 aliphatic rings. The van der Waals surface area contributed by atoms with Crippen molar-refractivity contribution in [2.24, 2.45) is 0 Å². The highest BCUT2D eigenvalue weighted by atomic mass is 16.5. The van der Waals surface area contributed by atoms with E-state index < -0.39 is 5.60 Å². The number of amides is 1. The summed E-state index contributed by atoms with van der Waals surface area (Å²) in [6, 6.07) is 5.06. The molecule has 1 saturated heterocycles. The number of nitrogens with one attached hydrogen (secondary N) is 1. The van der Waals surface area contributed by atoms with E-state index in [1.54, 1.807) is 18.2 Å². The van der Waals surface area contributed by atoms with Crippen LogP contribution in [0.1, 0.15) is 41.0 Å². The van der Waals surface area contributed by atoms with Gasteiger partial charge in [-0.15, -0.1) is 0 Å². The Balaban J connectivity index is 1.59. The number of carbonyl (C=O) groups is 2. The number of fused-ring (bicyclic) bond motifs is 1. The number of morpholine rings is 1. The smallest absolute Gasteiger partial charge is 0.251 e. The average molecular weight is 332 g/mol. The molecule has 0 atom stereocenters. The molecule has 1 N–H and O–H groups in total. The lowest BCUT2D eigenvalue weighted by Crippen LogP contribution is -2.41. The Morgan fingerprint density at radius 1 is 1.29 bits per heavy atom. The Bertz CT molecular complexity index is 636. The maximum atomic E-state index is 12.3. The monoisotopic (exact) mass is 332 g/mol. The van der Waals surface area contributed by atoms with E-state index >= 15 is 0 Å². The van der Waals surface area contributed by atoms with Crippen LogP contribution in [-0.2, 0) is 4.74 Å². The maximum absolute atomic E-state index is 12.3. The summed E-state index contributed by atoms with van der Waals surface area (Å²) in [4.78, 5) is 26.8. The first kappa shape index (κ1) is 16.9. The van der Waals surface area contributed by atoms with E-state index in [-0.39, 0.29) is 11.7 Å². The maximum Gasteiger partial charge on any atom is 0.251 e. The summed E-state index contributed by atoms with van der Waals surface area (Å²) in [6.45, 7) is 8.45. The minimum atomic E-state index is -0.494. The quantitative estimate of drug-likeness (QED) is 0.905. The first-order chi connectivity index (χ1) is 11.4. The van der Waals surface area contributed by atoms with Gasteiger partial charge in [0.2, 0.25) is 0 Å². The van der Waals surface area contributed by atoms with Gasteiger partial charge in [-0.05, 0) is 32.0 Å². The van der Waals surface area contributed by atoms with Gasteiger partial charge in [-0.2, -0.15) is 0 Å². The van der Waals surface area contributed by atoms with Crippen LogP contribution in [0.25, 0.3) is 0 Å². The molecular formula is C18H24N2O4. The topological polar surface area (TPSA) is 67.9 Å². The highest BCUT2D eigenvalue weighted by Crippen LogP contribution is 2.33. The summed E-state index contributed by atoms with van der Waals surface area (Å²) < 4.78 is 11.1. The minimum absolute atomic E-state index is 0.0178. The van der Waals surface area contributed by atoms with Gasteiger partial charge in [0.15, 0.2) is 5.78 Å². The summed E-state index contributed by atoms with van der Waals surface area (Å²) in [5.41, 5.74) is 0.494.